The third kappa shape index (κ3) is 5.68. The summed E-state index contributed by atoms with van der Waals surface area (Å²) in [5, 5.41) is 3.97. The number of hydrogen-bond acceptors (Lipinski definition) is 6. The van der Waals surface area contributed by atoms with E-state index in [0.29, 0.717) is 25.5 Å². The van der Waals surface area contributed by atoms with Gasteiger partial charge in [-0.3, -0.25) is 14.9 Å². The smallest absolute Gasteiger partial charge is 0.323 e. The Morgan fingerprint density at radius 3 is 2.89 bits per heavy atom. The Balaban J connectivity index is 1.39. The molecule has 35 heavy (non-hydrogen) atoms. The second kappa shape index (κ2) is 10.7. The summed E-state index contributed by atoms with van der Waals surface area (Å²) in [5.74, 6) is 0.0431. The number of nitrogens with zero attached hydrogens (tertiary/aromatic N) is 3. The van der Waals surface area contributed by atoms with E-state index in [1.165, 1.54) is 26.6 Å². The van der Waals surface area contributed by atoms with E-state index in [-0.39, 0.29) is 30.9 Å². The summed E-state index contributed by atoms with van der Waals surface area (Å²) in [7, 11) is 1.79. The highest BCUT2D eigenvalue weighted by Gasteiger charge is 2.24. The molecule has 0 unspecified atom stereocenters. The molecule has 2 aromatic heterocycles. The van der Waals surface area contributed by atoms with Crippen LogP contribution < -0.4 is 5.32 Å². The minimum absolute atomic E-state index is 0.107. The van der Waals surface area contributed by atoms with Crippen molar-refractivity contribution in [3.05, 3.63) is 64.2 Å². The summed E-state index contributed by atoms with van der Waals surface area (Å²) in [4.78, 5) is 45.4. The summed E-state index contributed by atoms with van der Waals surface area (Å²) in [6.45, 7) is 5.27. The Labute approximate surface area is 208 Å². The molecule has 4 rings (SSSR count). The number of likely N-dealkylation sites (N-methyl/N-ethyl adjacent to an activating group) is 1. The quantitative estimate of drug-likeness (QED) is 0.367. The third-order valence-electron chi connectivity index (χ3n) is 5.87. The van der Waals surface area contributed by atoms with Crippen LogP contribution in [0, 0.1) is 6.92 Å². The molecule has 0 atom stereocenters. The van der Waals surface area contributed by atoms with Crippen LogP contribution in [0.25, 0.3) is 16.2 Å². The van der Waals surface area contributed by atoms with Crippen molar-refractivity contribution < 1.29 is 19.1 Å². The van der Waals surface area contributed by atoms with Crippen LogP contribution in [0.5, 0.6) is 0 Å². The number of ether oxygens (including phenoxy) is 1. The number of pyridine rings is 1. The Bertz CT molecular complexity index is 1300. The number of rotatable bonds is 8. The summed E-state index contributed by atoms with van der Waals surface area (Å²) in [5.41, 5.74) is 2.78. The van der Waals surface area contributed by atoms with Gasteiger partial charge in [-0.15, -0.1) is 11.3 Å². The van der Waals surface area contributed by atoms with Crippen LogP contribution in [0.4, 0.5) is 10.6 Å². The second-order valence-electron chi connectivity index (χ2n) is 8.36. The van der Waals surface area contributed by atoms with Crippen LogP contribution in [-0.4, -0.2) is 52.9 Å². The van der Waals surface area contributed by atoms with Crippen LogP contribution >= 0.6 is 11.3 Å². The Hall–Kier alpha value is -3.72. The van der Waals surface area contributed by atoms with Gasteiger partial charge in [0, 0.05) is 41.0 Å². The van der Waals surface area contributed by atoms with Crippen LogP contribution in [0.15, 0.2) is 42.6 Å². The maximum absolute atomic E-state index is 12.7. The topological polar surface area (TPSA) is 91.8 Å². The van der Waals surface area contributed by atoms with Crippen molar-refractivity contribution in [2.24, 2.45) is 0 Å². The normalized spacial score (nSPS) is 13.1. The van der Waals surface area contributed by atoms with E-state index in [2.05, 4.69) is 29.4 Å². The van der Waals surface area contributed by atoms with E-state index in [4.69, 9.17) is 4.74 Å². The predicted molar refractivity (Wildman–Crippen MR) is 137 cm³/mol. The summed E-state index contributed by atoms with van der Waals surface area (Å²) >= 11 is 1.71. The van der Waals surface area contributed by atoms with Gasteiger partial charge >= 0.3 is 12.0 Å². The first-order valence-corrected chi connectivity index (χ1v) is 12.3. The van der Waals surface area contributed by atoms with Crippen molar-refractivity contribution in [2.75, 3.05) is 25.5 Å². The lowest BCUT2D eigenvalue weighted by Crippen LogP contribution is -2.40. The highest BCUT2D eigenvalue weighted by atomic mass is 32.1. The van der Waals surface area contributed by atoms with Crippen molar-refractivity contribution in [2.45, 2.75) is 33.4 Å². The fraction of sp³-hybridized carbons (Fsp3) is 0.308. The van der Waals surface area contributed by atoms with Gasteiger partial charge in [-0.1, -0.05) is 18.2 Å². The highest BCUT2D eigenvalue weighted by Crippen LogP contribution is 2.31. The highest BCUT2D eigenvalue weighted by molar-refractivity contribution is 7.19. The van der Waals surface area contributed by atoms with E-state index >= 15 is 0 Å². The number of hydrogen-bond donors (Lipinski definition) is 1. The lowest BCUT2D eigenvalue weighted by molar-refractivity contribution is -0.143. The van der Waals surface area contributed by atoms with Gasteiger partial charge in [-0.2, -0.15) is 0 Å². The lowest BCUT2D eigenvalue weighted by Gasteiger charge is -2.28. The fourth-order valence-corrected chi connectivity index (χ4v) is 5.18. The molecular weight excluding hydrogens is 464 g/mol. The van der Waals surface area contributed by atoms with E-state index in [1.807, 2.05) is 18.2 Å². The molecule has 9 heteroatoms. The number of thiophene rings is 1. The summed E-state index contributed by atoms with van der Waals surface area (Å²) in [6, 6.07) is 9.85. The zero-order chi connectivity index (χ0) is 24.9. The molecule has 0 saturated heterocycles. The van der Waals surface area contributed by atoms with Crippen molar-refractivity contribution in [1.29, 1.82) is 0 Å². The molecular formula is C26H28N4O4S. The predicted octanol–water partition coefficient (Wildman–Crippen LogP) is 4.58. The summed E-state index contributed by atoms with van der Waals surface area (Å²) < 4.78 is 6.16. The third-order valence-corrected chi connectivity index (χ3v) is 7.13. The number of carbonyl (C=O) groups is 3. The summed E-state index contributed by atoms with van der Waals surface area (Å²) in [6.07, 6.45) is 5.01. The van der Waals surface area contributed by atoms with Crippen LogP contribution in [-0.2, 0) is 27.4 Å². The molecule has 1 aliphatic heterocycles. The average molecular weight is 493 g/mol. The van der Waals surface area contributed by atoms with E-state index in [1.54, 1.807) is 47.4 Å². The van der Waals surface area contributed by atoms with Gasteiger partial charge in [-0.05, 0) is 48.6 Å². The van der Waals surface area contributed by atoms with Gasteiger partial charge in [0.25, 0.3) is 0 Å². The molecule has 3 aromatic rings. The van der Waals surface area contributed by atoms with Crippen LogP contribution in [0.1, 0.15) is 34.9 Å². The van der Waals surface area contributed by atoms with Crippen molar-refractivity contribution in [1.82, 2.24) is 14.8 Å². The minimum Gasteiger partial charge on any atom is -0.466 e. The number of amides is 3. The SMILES string of the molecule is CCOC(=O)CCN1Cc2cc(/C=C/C(=O)N(C)Cc3sc4ccccc4c3C)cnc2NC1=O. The van der Waals surface area contributed by atoms with Gasteiger partial charge in [0.2, 0.25) is 5.91 Å². The molecule has 0 bridgehead atoms. The largest absolute Gasteiger partial charge is 0.466 e. The molecule has 1 N–H and O–H groups in total. The first-order valence-electron chi connectivity index (χ1n) is 11.5. The fourth-order valence-electron chi connectivity index (χ4n) is 3.91. The van der Waals surface area contributed by atoms with Crippen molar-refractivity contribution in [3.63, 3.8) is 0 Å². The molecule has 0 aliphatic carbocycles. The number of urea groups is 1. The number of anilines is 1. The number of benzene rings is 1. The van der Waals surface area contributed by atoms with Gasteiger partial charge in [-0.25, -0.2) is 9.78 Å². The number of fused-ring (bicyclic) bond motifs is 2. The zero-order valence-corrected chi connectivity index (χ0v) is 20.9. The molecule has 3 amide bonds. The molecule has 3 heterocycles. The van der Waals surface area contributed by atoms with Gasteiger partial charge in [0.15, 0.2) is 0 Å². The van der Waals surface area contributed by atoms with E-state index in [0.717, 1.165) is 11.1 Å². The average Bonchev–Trinajstić information content (AvgIpc) is 3.16. The maximum atomic E-state index is 12.7. The number of nitrogens with one attached hydrogen (secondary N) is 1. The molecule has 8 nitrogen and oxygen atoms in total. The second-order valence-corrected chi connectivity index (χ2v) is 9.49. The Morgan fingerprint density at radius 2 is 2.11 bits per heavy atom. The molecule has 0 saturated carbocycles. The van der Waals surface area contributed by atoms with Gasteiger partial charge in [0.1, 0.15) is 5.82 Å². The Morgan fingerprint density at radius 1 is 1.31 bits per heavy atom. The molecule has 0 fully saturated rings. The Kier molecular flexibility index (Phi) is 7.45. The molecule has 182 valence electrons. The zero-order valence-electron chi connectivity index (χ0n) is 20.0. The number of aryl methyl sites for hydroxylation is 1. The number of esters is 1. The van der Waals surface area contributed by atoms with Gasteiger partial charge in [0.05, 0.1) is 26.1 Å². The molecule has 0 radical (unpaired) electrons. The van der Waals surface area contributed by atoms with Crippen molar-refractivity contribution in [3.8, 4) is 0 Å². The lowest BCUT2D eigenvalue weighted by atomic mass is 10.1. The first kappa shape index (κ1) is 24.4. The van der Waals surface area contributed by atoms with Gasteiger partial charge < -0.3 is 14.5 Å². The van der Waals surface area contributed by atoms with E-state index < -0.39 is 0 Å². The standard InChI is InChI=1S/C26H28N4O4S/c1-4-34-24(32)11-12-30-15-19-13-18(14-27-25(19)28-26(30)33)9-10-23(31)29(3)16-22-17(2)20-7-5-6-8-21(20)35-22/h5-10,13-14H,4,11-12,15-16H2,1-3H3,(H,27,28,33)/b10-9+. The minimum atomic E-state index is -0.339. The van der Waals surface area contributed by atoms with Crippen LogP contribution in [0.3, 0.4) is 0 Å². The van der Waals surface area contributed by atoms with Crippen molar-refractivity contribution >= 4 is 51.2 Å². The molecule has 1 aromatic carbocycles. The first-order chi connectivity index (χ1) is 16.9. The number of carbonyl (C=O) groups excluding carboxylic acids is 3. The van der Waals surface area contributed by atoms with Crippen LogP contribution in [0.2, 0.25) is 0 Å². The monoisotopic (exact) mass is 492 g/mol. The number of aromatic nitrogens is 1. The molecule has 0 spiro atoms. The molecule has 1 aliphatic rings. The maximum Gasteiger partial charge on any atom is 0.323 e. The van der Waals surface area contributed by atoms with E-state index in [9.17, 15) is 14.4 Å².